The van der Waals surface area contributed by atoms with Crippen LogP contribution in [0.25, 0.3) is 5.69 Å². The van der Waals surface area contributed by atoms with Crippen LogP contribution in [-0.4, -0.2) is 21.2 Å². The molecule has 5 nitrogen and oxygen atoms in total. The molecule has 0 unspecified atom stereocenters. The van der Waals surface area contributed by atoms with E-state index in [1.807, 2.05) is 12.1 Å². The lowest BCUT2D eigenvalue weighted by atomic mass is 10.3. The molecule has 17 heavy (non-hydrogen) atoms. The number of oxime groups is 1. The molecular formula is C11H10BrN3O2. The van der Waals surface area contributed by atoms with Crippen LogP contribution in [0.5, 0.6) is 0 Å². The van der Waals surface area contributed by atoms with E-state index in [1.54, 1.807) is 19.1 Å². The first-order chi connectivity index (χ1) is 8.13. The van der Waals surface area contributed by atoms with E-state index in [0.717, 1.165) is 16.4 Å². The number of hydrogen-bond acceptors (Lipinski definition) is 3. The third-order valence-electron chi connectivity index (χ3n) is 2.39. The molecule has 0 aliphatic carbocycles. The topological polar surface area (TPSA) is 70.4 Å². The number of H-pyrrole nitrogens is 1. The van der Waals surface area contributed by atoms with Crippen molar-refractivity contribution in [2.24, 2.45) is 5.16 Å². The summed E-state index contributed by atoms with van der Waals surface area (Å²) >= 11 is 3.33. The smallest absolute Gasteiger partial charge is 0.280 e. The minimum Gasteiger partial charge on any atom is -0.411 e. The molecule has 1 heterocycles. The van der Waals surface area contributed by atoms with Crippen LogP contribution in [0.4, 0.5) is 0 Å². The van der Waals surface area contributed by atoms with Gasteiger partial charge in [0.15, 0.2) is 0 Å². The second-order valence-corrected chi connectivity index (χ2v) is 4.43. The van der Waals surface area contributed by atoms with Crippen LogP contribution >= 0.6 is 15.9 Å². The molecule has 1 aromatic heterocycles. The molecule has 0 amide bonds. The minimum absolute atomic E-state index is 0.248. The van der Waals surface area contributed by atoms with Crippen molar-refractivity contribution in [1.82, 2.24) is 9.78 Å². The van der Waals surface area contributed by atoms with Gasteiger partial charge in [-0.3, -0.25) is 9.89 Å². The van der Waals surface area contributed by atoms with Crippen molar-refractivity contribution in [1.29, 1.82) is 0 Å². The van der Waals surface area contributed by atoms with Gasteiger partial charge in [-0.2, -0.15) is 0 Å². The van der Waals surface area contributed by atoms with E-state index in [9.17, 15) is 4.79 Å². The van der Waals surface area contributed by atoms with Crippen LogP contribution in [-0.2, 0) is 0 Å². The molecule has 0 bridgehead atoms. The highest BCUT2D eigenvalue weighted by atomic mass is 79.9. The van der Waals surface area contributed by atoms with Gasteiger partial charge in [-0.05, 0) is 31.2 Å². The Bertz CT molecular complexity index is 611. The lowest BCUT2D eigenvalue weighted by Crippen LogP contribution is -2.17. The fourth-order valence-electron chi connectivity index (χ4n) is 1.54. The van der Waals surface area contributed by atoms with Crippen molar-refractivity contribution in [3.8, 4) is 5.69 Å². The SMILES string of the molecule is Cc1[nH]n(-c2ccc(Br)cc2)c(=O)c1/C=N\O. The van der Waals surface area contributed by atoms with E-state index < -0.39 is 0 Å². The van der Waals surface area contributed by atoms with Gasteiger partial charge >= 0.3 is 0 Å². The molecule has 0 saturated heterocycles. The molecule has 0 fully saturated rings. The van der Waals surface area contributed by atoms with Gasteiger partial charge in [-0.15, -0.1) is 0 Å². The van der Waals surface area contributed by atoms with Crippen LogP contribution in [0, 0.1) is 6.92 Å². The average Bonchev–Trinajstić information content (AvgIpc) is 2.59. The van der Waals surface area contributed by atoms with Gasteiger partial charge in [-0.25, -0.2) is 4.68 Å². The number of halogens is 1. The molecule has 0 atom stereocenters. The zero-order valence-corrected chi connectivity index (χ0v) is 10.6. The number of nitrogens with one attached hydrogen (secondary N) is 1. The van der Waals surface area contributed by atoms with Crippen molar-refractivity contribution in [3.63, 3.8) is 0 Å². The Balaban J connectivity index is 2.57. The normalized spacial score (nSPS) is 11.2. The van der Waals surface area contributed by atoms with Gasteiger partial charge < -0.3 is 5.21 Å². The van der Waals surface area contributed by atoms with Crippen LogP contribution in [0.1, 0.15) is 11.3 Å². The summed E-state index contributed by atoms with van der Waals surface area (Å²) < 4.78 is 2.34. The van der Waals surface area contributed by atoms with Crippen LogP contribution in [0.3, 0.4) is 0 Å². The summed E-state index contributed by atoms with van der Waals surface area (Å²) in [5.41, 5.74) is 1.47. The molecule has 88 valence electrons. The lowest BCUT2D eigenvalue weighted by molar-refractivity contribution is 0.322. The summed E-state index contributed by atoms with van der Waals surface area (Å²) in [4.78, 5) is 12.0. The summed E-state index contributed by atoms with van der Waals surface area (Å²) in [6.45, 7) is 1.74. The summed E-state index contributed by atoms with van der Waals surface area (Å²) in [6.07, 6.45) is 1.13. The maximum Gasteiger partial charge on any atom is 0.280 e. The maximum absolute atomic E-state index is 12.0. The lowest BCUT2D eigenvalue weighted by Gasteiger charge is -2.00. The first kappa shape index (κ1) is 11.7. The van der Waals surface area contributed by atoms with E-state index >= 15 is 0 Å². The Labute approximate surface area is 105 Å². The van der Waals surface area contributed by atoms with Gasteiger partial charge in [0.25, 0.3) is 5.56 Å². The zero-order valence-electron chi connectivity index (χ0n) is 9.01. The van der Waals surface area contributed by atoms with E-state index in [4.69, 9.17) is 5.21 Å². The fraction of sp³-hybridized carbons (Fsp3) is 0.0909. The third-order valence-corrected chi connectivity index (χ3v) is 2.92. The molecule has 0 saturated carbocycles. The Morgan fingerprint density at radius 1 is 1.41 bits per heavy atom. The first-order valence-corrected chi connectivity index (χ1v) is 5.68. The van der Waals surface area contributed by atoms with Crippen molar-refractivity contribution >= 4 is 22.1 Å². The first-order valence-electron chi connectivity index (χ1n) is 4.88. The summed E-state index contributed by atoms with van der Waals surface area (Å²) in [7, 11) is 0. The highest BCUT2D eigenvalue weighted by molar-refractivity contribution is 9.10. The fourth-order valence-corrected chi connectivity index (χ4v) is 1.81. The standard InChI is InChI=1S/C11H10BrN3O2/c1-7-10(6-13-17)11(16)15(14-7)9-4-2-8(12)3-5-9/h2-6,14,17H,1H3/b13-6-. The third kappa shape index (κ3) is 2.16. The molecule has 0 spiro atoms. The number of aryl methyl sites for hydroxylation is 1. The van der Waals surface area contributed by atoms with Crippen LogP contribution in [0.15, 0.2) is 38.7 Å². The second-order valence-electron chi connectivity index (χ2n) is 3.51. The number of rotatable bonds is 2. The Hall–Kier alpha value is -1.82. The molecule has 2 aromatic rings. The maximum atomic E-state index is 12.0. The van der Waals surface area contributed by atoms with Gasteiger partial charge in [-0.1, -0.05) is 21.1 Å². The Morgan fingerprint density at radius 2 is 2.06 bits per heavy atom. The number of benzene rings is 1. The Kier molecular flexibility index (Phi) is 3.14. The molecule has 0 aliphatic heterocycles. The predicted molar refractivity (Wildman–Crippen MR) is 68.2 cm³/mol. The molecule has 2 N–H and O–H groups in total. The molecule has 6 heteroatoms. The molecular weight excluding hydrogens is 286 g/mol. The van der Waals surface area contributed by atoms with Gasteiger partial charge in [0.05, 0.1) is 17.5 Å². The second kappa shape index (κ2) is 4.58. The largest absolute Gasteiger partial charge is 0.411 e. The summed E-state index contributed by atoms with van der Waals surface area (Å²) in [5, 5.41) is 14.3. The summed E-state index contributed by atoms with van der Waals surface area (Å²) in [6, 6.07) is 7.30. The van der Waals surface area contributed by atoms with E-state index in [-0.39, 0.29) is 5.56 Å². The zero-order chi connectivity index (χ0) is 12.4. The van der Waals surface area contributed by atoms with E-state index in [2.05, 4.69) is 26.2 Å². The number of nitrogens with zero attached hydrogens (tertiary/aromatic N) is 2. The summed E-state index contributed by atoms with van der Waals surface area (Å²) in [5.74, 6) is 0. The highest BCUT2D eigenvalue weighted by Gasteiger charge is 2.10. The Morgan fingerprint density at radius 3 is 2.65 bits per heavy atom. The number of aromatic nitrogens is 2. The van der Waals surface area contributed by atoms with Crippen molar-refractivity contribution in [2.75, 3.05) is 0 Å². The van der Waals surface area contributed by atoms with Crippen molar-refractivity contribution in [2.45, 2.75) is 6.92 Å². The number of aromatic amines is 1. The number of hydrogen-bond donors (Lipinski definition) is 2. The van der Waals surface area contributed by atoms with Gasteiger partial charge in [0.1, 0.15) is 0 Å². The van der Waals surface area contributed by atoms with Gasteiger partial charge in [0, 0.05) is 10.2 Å². The van der Waals surface area contributed by atoms with Gasteiger partial charge in [0.2, 0.25) is 0 Å². The molecule has 0 radical (unpaired) electrons. The quantitative estimate of drug-likeness (QED) is 0.506. The van der Waals surface area contributed by atoms with Crippen LogP contribution < -0.4 is 5.56 Å². The van der Waals surface area contributed by atoms with Crippen molar-refractivity contribution in [3.05, 3.63) is 50.3 Å². The average molecular weight is 296 g/mol. The highest BCUT2D eigenvalue weighted by Crippen LogP contribution is 2.12. The minimum atomic E-state index is -0.248. The van der Waals surface area contributed by atoms with E-state index in [0.29, 0.717) is 11.3 Å². The molecule has 1 aromatic carbocycles. The van der Waals surface area contributed by atoms with E-state index in [1.165, 1.54) is 4.68 Å². The predicted octanol–water partition coefficient (Wildman–Crippen LogP) is 2.04. The van der Waals surface area contributed by atoms with Crippen LogP contribution in [0.2, 0.25) is 0 Å². The molecule has 2 rings (SSSR count). The van der Waals surface area contributed by atoms with Crippen molar-refractivity contribution < 1.29 is 5.21 Å². The molecule has 0 aliphatic rings. The monoisotopic (exact) mass is 295 g/mol.